The second-order valence-electron chi connectivity index (χ2n) is 4.74. The lowest BCUT2D eigenvalue weighted by molar-refractivity contribution is -0.121. The van der Waals surface area contributed by atoms with E-state index in [9.17, 15) is 4.79 Å². The van der Waals surface area contributed by atoms with E-state index >= 15 is 0 Å². The van der Waals surface area contributed by atoms with Crippen LogP contribution in [0.15, 0.2) is 54.7 Å². The van der Waals surface area contributed by atoms with Crippen LogP contribution >= 0.6 is 0 Å². The first-order valence-electron chi connectivity index (χ1n) is 7.05. The number of nitrogens with zero attached hydrogens (tertiary/aromatic N) is 1. The molecule has 0 bridgehead atoms. The highest BCUT2D eigenvalue weighted by Crippen LogP contribution is 2.22. The molecular weight excluding hydrogens is 264 g/mol. The molecule has 0 saturated heterocycles. The normalized spacial score (nSPS) is 11.9. The van der Waals surface area contributed by atoms with E-state index in [-0.39, 0.29) is 11.8 Å². The minimum atomic E-state index is -0.380. The van der Waals surface area contributed by atoms with Crippen molar-refractivity contribution in [1.82, 2.24) is 10.3 Å². The van der Waals surface area contributed by atoms with E-state index in [0.29, 0.717) is 13.2 Å². The van der Waals surface area contributed by atoms with Crippen LogP contribution in [0.4, 0.5) is 0 Å². The summed E-state index contributed by atoms with van der Waals surface area (Å²) >= 11 is 0. The first-order valence-corrected chi connectivity index (χ1v) is 7.05. The van der Waals surface area contributed by atoms with E-state index in [0.717, 1.165) is 17.7 Å². The van der Waals surface area contributed by atoms with Gasteiger partial charge in [0.25, 0.3) is 0 Å². The van der Waals surface area contributed by atoms with Crippen LogP contribution in [0.5, 0.6) is 0 Å². The predicted molar refractivity (Wildman–Crippen MR) is 82.0 cm³/mol. The SMILES string of the molecule is COCCCNC(=O)C(c1ccccc1)c1ccccn1. The third-order valence-corrected chi connectivity index (χ3v) is 3.20. The molecule has 4 nitrogen and oxygen atoms in total. The van der Waals surface area contributed by atoms with E-state index in [1.165, 1.54) is 0 Å². The number of pyridine rings is 1. The maximum absolute atomic E-state index is 12.5. The molecule has 1 N–H and O–H groups in total. The standard InChI is InChI=1S/C17H20N2O2/c1-21-13-7-12-19-17(20)16(14-8-3-2-4-9-14)15-10-5-6-11-18-15/h2-6,8-11,16H,7,12-13H2,1H3,(H,19,20). The number of ether oxygens (including phenoxy) is 1. The van der Waals surface area contributed by atoms with E-state index in [4.69, 9.17) is 4.74 Å². The van der Waals surface area contributed by atoms with Gasteiger partial charge in [0.2, 0.25) is 5.91 Å². The second-order valence-corrected chi connectivity index (χ2v) is 4.74. The van der Waals surface area contributed by atoms with Crippen LogP contribution in [0.2, 0.25) is 0 Å². The van der Waals surface area contributed by atoms with Crippen LogP contribution in [0.25, 0.3) is 0 Å². The van der Waals surface area contributed by atoms with Gasteiger partial charge in [0.05, 0.1) is 5.69 Å². The minimum Gasteiger partial charge on any atom is -0.385 e. The summed E-state index contributed by atoms with van der Waals surface area (Å²) in [5.74, 6) is -0.411. The summed E-state index contributed by atoms with van der Waals surface area (Å²) in [5, 5.41) is 2.96. The molecule has 1 aromatic heterocycles. The fourth-order valence-corrected chi connectivity index (χ4v) is 2.18. The fourth-order valence-electron chi connectivity index (χ4n) is 2.18. The van der Waals surface area contributed by atoms with Crippen LogP contribution in [0.3, 0.4) is 0 Å². The Hall–Kier alpha value is -2.20. The molecule has 2 aromatic rings. The average molecular weight is 284 g/mol. The molecule has 1 unspecified atom stereocenters. The Bertz CT molecular complexity index is 504. The van der Waals surface area contributed by atoms with Crippen molar-refractivity contribution in [2.75, 3.05) is 20.3 Å². The van der Waals surface area contributed by atoms with Gasteiger partial charge in [-0.25, -0.2) is 0 Å². The van der Waals surface area contributed by atoms with Gasteiger partial charge in [-0.3, -0.25) is 9.78 Å². The van der Waals surface area contributed by atoms with Crippen LogP contribution in [-0.2, 0) is 9.53 Å². The summed E-state index contributed by atoms with van der Waals surface area (Å²) in [6.45, 7) is 1.24. The van der Waals surface area contributed by atoms with Crippen molar-refractivity contribution in [3.8, 4) is 0 Å². The maximum Gasteiger partial charge on any atom is 0.233 e. The van der Waals surface area contributed by atoms with E-state index in [1.807, 2.05) is 48.5 Å². The smallest absolute Gasteiger partial charge is 0.233 e. The highest BCUT2D eigenvalue weighted by molar-refractivity contribution is 5.86. The molecule has 1 aromatic carbocycles. The van der Waals surface area contributed by atoms with Crippen LogP contribution in [0.1, 0.15) is 23.6 Å². The molecule has 0 aliphatic rings. The summed E-state index contributed by atoms with van der Waals surface area (Å²) in [4.78, 5) is 16.9. The van der Waals surface area contributed by atoms with Crippen LogP contribution < -0.4 is 5.32 Å². The van der Waals surface area contributed by atoms with Gasteiger partial charge >= 0.3 is 0 Å². The minimum absolute atomic E-state index is 0.0315. The molecule has 21 heavy (non-hydrogen) atoms. The quantitative estimate of drug-likeness (QED) is 0.794. The number of hydrogen-bond acceptors (Lipinski definition) is 3. The molecule has 4 heteroatoms. The number of carbonyl (C=O) groups is 1. The summed E-state index contributed by atoms with van der Waals surface area (Å²) in [6, 6.07) is 15.3. The Morgan fingerprint density at radius 3 is 2.62 bits per heavy atom. The molecule has 0 spiro atoms. The Balaban J connectivity index is 2.15. The first kappa shape index (κ1) is 15.2. The van der Waals surface area contributed by atoms with Gasteiger partial charge in [-0.2, -0.15) is 0 Å². The van der Waals surface area contributed by atoms with E-state index < -0.39 is 0 Å². The van der Waals surface area contributed by atoms with E-state index in [2.05, 4.69) is 10.3 Å². The molecule has 0 aliphatic heterocycles. The lowest BCUT2D eigenvalue weighted by Gasteiger charge is -2.16. The monoisotopic (exact) mass is 284 g/mol. The highest BCUT2D eigenvalue weighted by atomic mass is 16.5. The third kappa shape index (κ3) is 4.39. The lowest BCUT2D eigenvalue weighted by atomic mass is 9.94. The van der Waals surface area contributed by atoms with Gasteiger partial charge in [-0.05, 0) is 24.1 Å². The van der Waals surface area contributed by atoms with Gasteiger partial charge in [-0.1, -0.05) is 36.4 Å². The summed E-state index contributed by atoms with van der Waals surface area (Å²) < 4.78 is 4.99. The second kappa shape index (κ2) is 8.17. The van der Waals surface area contributed by atoms with Crippen LogP contribution in [0, 0.1) is 0 Å². The fraction of sp³-hybridized carbons (Fsp3) is 0.294. The van der Waals surface area contributed by atoms with Crippen molar-refractivity contribution < 1.29 is 9.53 Å². The van der Waals surface area contributed by atoms with Crippen LogP contribution in [-0.4, -0.2) is 31.2 Å². The number of methoxy groups -OCH3 is 1. The molecule has 1 atom stereocenters. The average Bonchev–Trinajstić information content (AvgIpc) is 2.54. The zero-order valence-electron chi connectivity index (χ0n) is 12.2. The number of rotatable bonds is 7. The Kier molecular flexibility index (Phi) is 5.91. The summed E-state index contributed by atoms with van der Waals surface area (Å²) in [7, 11) is 1.66. The number of aromatic nitrogens is 1. The zero-order chi connectivity index (χ0) is 14.9. The molecule has 2 rings (SSSR count). The van der Waals surface area contributed by atoms with Gasteiger partial charge in [0, 0.05) is 26.5 Å². The molecule has 0 radical (unpaired) electrons. The van der Waals surface area contributed by atoms with Gasteiger partial charge in [-0.15, -0.1) is 0 Å². The van der Waals surface area contributed by atoms with Gasteiger partial charge in [0.1, 0.15) is 5.92 Å². The number of benzene rings is 1. The van der Waals surface area contributed by atoms with Crippen molar-refractivity contribution in [3.63, 3.8) is 0 Å². The first-order chi connectivity index (χ1) is 10.3. The van der Waals surface area contributed by atoms with Crippen molar-refractivity contribution in [2.24, 2.45) is 0 Å². The predicted octanol–water partition coefficient (Wildman–Crippen LogP) is 2.37. The molecular formula is C17H20N2O2. The number of nitrogens with one attached hydrogen (secondary N) is 1. The molecule has 0 saturated carbocycles. The van der Waals surface area contributed by atoms with Crippen molar-refractivity contribution in [1.29, 1.82) is 0 Å². The molecule has 110 valence electrons. The lowest BCUT2D eigenvalue weighted by Crippen LogP contribution is -2.31. The van der Waals surface area contributed by atoms with Crippen molar-refractivity contribution >= 4 is 5.91 Å². The third-order valence-electron chi connectivity index (χ3n) is 3.20. The Labute approximate surface area is 125 Å². The topological polar surface area (TPSA) is 51.2 Å². The summed E-state index contributed by atoms with van der Waals surface area (Å²) in [5.41, 5.74) is 1.70. The van der Waals surface area contributed by atoms with Gasteiger partial charge < -0.3 is 10.1 Å². The largest absolute Gasteiger partial charge is 0.385 e. The highest BCUT2D eigenvalue weighted by Gasteiger charge is 2.23. The number of carbonyl (C=O) groups excluding carboxylic acids is 1. The molecule has 0 fully saturated rings. The van der Waals surface area contributed by atoms with E-state index in [1.54, 1.807) is 13.3 Å². The van der Waals surface area contributed by atoms with Gasteiger partial charge in [0.15, 0.2) is 0 Å². The van der Waals surface area contributed by atoms with Crippen molar-refractivity contribution in [3.05, 3.63) is 66.0 Å². The Morgan fingerprint density at radius 1 is 1.19 bits per heavy atom. The van der Waals surface area contributed by atoms with Crippen molar-refractivity contribution in [2.45, 2.75) is 12.3 Å². The number of hydrogen-bond donors (Lipinski definition) is 1. The zero-order valence-corrected chi connectivity index (χ0v) is 12.2. The molecule has 1 heterocycles. The number of amides is 1. The molecule has 1 amide bonds. The molecule has 0 aliphatic carbocycles. The Morgan fingerprint density at radius 2 is 1.95 bits per heavy atom. The summed E-state index contributed by atoms with van der Waals surface area (Å²) in [6.07, 6.45) is 2.51. The maximum atomic E-state index is 12.5.